The molecule has 2 aliphatic rings. The highest BCUT2D eigenvalue weighted by Gasteiger charge is 2.46. The molecule has 192 valence electrons. The number of aliphatic hydroxyl groups excluding tert-OH is 3. The zero-order valence-corrected chi connectivity index (χ0v) is 19.7. The average molecular weight is 494 g/mol. The largest absolute Gasteiger partial charge is 0.445 e. The number of halogens is 1. The van der Waals surface area contributed by atoms with E-state index in [1.807, 2.05) is 13.8 Å². The van der Waals surface area contributed by atoms with Crippen molar-refractivity contribution in [2.45, 2.75) is 57.5 Å². The molecule has 11 heteroatoms. The Morgan fingerprint density at radius 2 is 1.94 bits per heavy atom. The molecule has 0 unspecified atom stereocenters. The molecule has 3 rings (SSSR count). The summed E-state index contributed by atoms with van der Waals surface area (Å²) in [5.41, 5.74) is 8.16. The van der Waals surface area contributed by atoms with Crippen LogP contribution in [0.15, 0.2) is 40.4 Å². The second kappa shape index (κ2) is 11.7. The fourth-order valence-corrected chi connectivity index (χ4v) is 3.94. The van der Waals surface area contributed by atoms with E-state index in [4.69, 9.17) is 15.2 Å². The first kappa shape index (κ1) is 26.7. The van der Waals surface area contributed by atoms with Crippen molar-refractivity contribution in [2.75, 3.05) is 19.7 Å². The number of carbonyl (C=O) groups excluding carboxylic acids is 2. The molecular formula is C24H32FN3O7. The van der Waals surface area contributed by atoms with E-state index < -0.39 is 43.3 Å². The molecule has 0 bridgehead atoms. The van der Waals surface area contributed by atoms with Gasteiger partial charge in [-0.2, -0.15) is 0 Å². The molecule has 2 amide bonds. The Labute approximate surface area is 202 Å². The number of nitrogens with one attached hydrogen (secondary N) is 1. The van der Waals surface area contributed by atoms with Crippen LogP contribution in [0.4, 0.5) is 4.39 Å². The maximum atomic E-state index is 14.1. The first-order valence-electron chi connectivity index (χ1n) is 11.5. The number of hydrogen-bond donors (Lipinski definition) is 5. The maximum Gasteiger partial charge on any atom is 0.251 e. The Balaban J connectivity index is 1.72. The van der Waals surface area contributed by atoms with Gasteiger partial charge in [-0.1, -0.05) is 26.0 Å². The van der Waals surface area contributed by atoms with E-state index >= 15 is 0 Å². The number of primary amides is 1. The number of benzene rings is 1. The molecule has 0 aromatic heterocycles. The van der Waals surface area contributed by atoms with Crippen LogP contribution in [0.25, 0.3) is 0 Å². The maximum absolute atomic E-state index is 14.1. The summed E-state index contributed by atoms with van der Waals surface area (Å²) in [5.74, 6) is -0.457. The second-order valence-corrected chi connectivity index (χ2v) is 8.89. The van der Waals surface area contributed by atoms with Crippen LogP contribution in [0.3, 0.4) is 0 Å². The van der Waals surface area contributed by atoms with Crippen molar-refractivity contribution in [3.8, 4) is 0 Å². The van der Waals surface area contributed by atoms with Crippen LogP contribution >= 0.6 is 0 Å². The lowest BCUT2D eigenvalue weighted by atomic mass is 9.94. The standard InChI is InChI=1S/C24H32FN3O7/c1-12(2)16-10-28-23(35-24-21(32)20(31)19(25)17(11-29)34-24)15(16)9-13-3-5-14(6-4-13)22(33)27-8-7-18(26)30/h3-6,12,17,19-21,24,29,31-32H,7-11H2,1-2H3,(H2,26,30)(H,27,33)/t17-,19-,20+,21-,24+/m1/s1. The van der Waals surface area contributed by atoms with Gasteiger partial charge in [0.1, 0.15) is 18.3 Å². The Morgan fingerprint density at radius 3 is 2.54 bits per heavy atom. The molecule has 2 aliphatic heterocycles. The van der Waals surface area contributed by atoms with Crippen LogP contribution in [0.1, 0.15) is 36.2 Å². The lowest BCUT2D eigenvalue weighted by Crippen LogP contribution is -2.58. The third-order valence-electron chi connectivity index (χ3n) is 6.02. The molecule has 1 aromatic rings. The number of rotatable bonds is 9. The molecule has 0 radical (unpaired) electrons. The summed E-state index contributed by atoms with van der Waals surface area (Å²) < 4.78 is 25.2. The highest BCUT2D eigenvalue weighted by Crippen LogP contribution is 2.30. The van der Waals surface area contributed by atoms with Gasteiger partial charge in [0.05, 0.1) is 13.2 Å². The number of nitrogens with zero attached hydrogens (tertiary/aromatic N) is 1. The molecule has 1 saturated heterocycles. The minimum Gasteiger partial charge on any atom is -0.445 e. The zero-order chi connectivity index (χ0) is 25.7. The summed E-state index contributed by atoms with van der Waals surface area (Å²) in [6.45, 7) is 3.88. The second-order valence-electron chi connectivity index (χ2n) is 8.89. The van der Waals surface area contributed by atoms with Gasteiger partial charge in [0.2, 0.25) is 18.1 Å². The number of alkyl halides is 1. The van der Waals surface area contributed by atoms with E-state index in [0.29, 0.717) is 18.5 Å². The minimum absolute atomic E-state index is 0.0551. The highest BCUT2D eigenvalue weighted by molar-refractivity contribution is 5.97. The molecule has 1 fully saturated rings. The van der Waals surface area contributed by atoms with Crippen LogP contribution < -0.4 is 11.1 Å². The van der Waals surface area contributed by atoms with Gasteiger partial charge in [-0.25, -0.2) is 9.38 Å². The number of aliphatic hydroxyl groups is 3. The fraction of sp³-hybridized carbons (Fsp3) is 0.542. The van der Waals surface area contributed by atoms with Gasteiger partial charge >= 0.3 is 0 Å². The molecule has 2 heterocycles. The predicted molar refractivity (Wildman–Crippen MR) is 124 cm³/mol. The van der Waals surface area contributed by atoms with E-state index in [1.54, 1.807) is 24.3 Å². The lowest BCUT2D eigenvalue weighted by Gasteiger charge is -2.38. The summed E-state index contributed by atoms with van der Waals surface area (Å²) in [6.07, 6.45) is -7.65. The first-order chi connectivity index (χ1) is 16.6. The van der Waals surface area contributed by atoms with E-state index in [1.165, 1.54) is 0 Å². The smallest absolute Gasteiger partial charge is 0.251 e. The average Bonchev–Trinajstić information content (AvgIpc) is 3.21. The van der Waals surface area contributed by atoms with Gasteiger partial charge in [-0.05, 0) is 29.2 Å². The van der Waals surface area contributed by atoms with E-state index in [0.717, 1.165) is 16.7 Å². The fourth-order valence-electron chi connectivity index (χ4n) is 3.94. The first-order valence-corrected chi connectivity index (χ1v) is 11.5. The summed E-state index contributed by atoms with van der Waals surface area (Å²) >= 11 is 0. The van der Waals surface area contributed by atoms with Crippen LogP contribution in [0.2, 0.25) is 0 Å². The zero-order valence-electron chi connectivity index (χ0n) is 19.7. The molecule has 5 atom stereocenters. The number of amides is 2. The van der Waals surface area contributed by atoms with E-state index in [-0.39, 0.29) is 30.7 Å². The summed E-state index contributed by atoms with van der Waals surface area (Å²) in [7, 11) is 0. The Hall–Kier alpha value is -2.86. The van der Waals surface area contributed by atoms with E-state index in [2.05, 4.69) is 10.3 Å². The Morgan fingerprint density at radius 1 is 1.26 bits per heavy atom. The molecule has 0 saturated carbocycles. The topological polar surface area (TPSA) is 164 Å². The van der Waals surface area contributed by atoms with Crippen molar-refractivity contribution < 1.29 is 38.8 Å². The number of hydrogen-bond acceptors (Lipinski definition) is 8. The van der Waals surface area contributed by atoms with Crippen molar-refractivity contribution in [3.63, 3.8) is 0 Å². The molecule has 6 N–H and O–H groups in total. The van der Waals surface area contributed by atoms with Crippen molar-refractivity contribution in [1.29, 1.82) is 0 Å². The SMILES string of the molecule is CC(C)C1=C(Cc2ccc(C(=O)NCCC(N)=O)cc2)C(O[C@@H]2O[C@H](CO)[C@@H](F)[C@H](O)[C@H]2O)=NC1. The van der Waals surface area contributed by atoms with Crippen LogP contribution in [-0.2, 0) is 20.7 Å². The van der Waals surface area contributed by atoms with Gasteiger partial charge in [0.15, 0.2) is 6.17 Å². The predicted octanol–water partition coefficient (Wildman–Crippen LogP) is -0.00730. The highest BCUT2D eigenvalue weighted by atomic mass is 19.1. The van der Waals surface area contributed by atoms with E-state index in [9.17, 15) is 29.3 Å². The van der Waals surface area contributed by atoms with Gasteiger partial charge in [-0.15, -0.1) is 0 Å². The lowest BCUT2D eigenvalue weighted by molar-refractivity contribution is -0.269. The summed E-state index contributed by atoms with van der Waals surface area (Å²) in [5, 5.41) is 32.2. The third-order valence-corrected chi connectivity index (χ3v) is 6.02. The molecule has 0 spiro atoms. The van der Waals surface area contributed by atoms with Gasteiger partial charge in [-0.3, -0.25) is 9.59 Å². The number of carbonyl (C=O) groups is 2. The van der Waals surface area contributed by atoms with Crippen molar-refractivity contribution >= 4 is 17.7 Å². The van der Waals surface area contributed by atoms with Crippen molar-refractivity contribution in [3.05, 3.63) is 46.5 Å². The third kappa shape index (κ3) is 6.43. The monoisotopic (exact) mass is 493 g/mol. The number of nitrogens with two attached hydrogens (primary N) is 1. The molecule has 0 aliphatic carbocycles. The molecule has 10 nitrogen and oxygen atoms in total. The van der Waals surface area contributed by atoms with Crippen molar-refractivity contribution in [1.82, 2.24) is 5.32 Å². The van der Waals surface area contributed by atoms with Crippen LogP contribution in [0, 0.1) is 5.92 Å². The van der Waals surface area contributed by atoms with Crippen LogP contribution in [-0.4, -0.2) is 83.5 Å². The van der Waals surface area contributed by atoms with Gasteiger partial charge < -0.3 is 35.8 Å². The van der Waals surface area contributed by atoms with Crippen molar-refractivity contribution in [2.24, 2.45) is 16.6 Å². The Kier molecular flexibility index (Phi) is 8.95. The summed E-state index contributed by atoms with van der Waals surface area (Å²) in [6, 6.07) is 6.90. The minimum atomic E-state index is -1.95. The summed E-state index contributed by atoms with van der Waals surface area (Å²) in [4.78, 5) is 27.5. The number of aliphatic imine (C=N–C) groups is 1. The normalized spacial score (nSPS) is 26.6. The van der Waals surface area contributed by atoms with Gasteiger partial charge in [0.25, 0.3) is 5.91 Å². The van der Waals surface area contributed by atoms with Gasteiger partial charge in [0, 0.05) is 30.5 Å². The van der Waals surface area contributed by atoms with Crippen LogP contribution in [0.5, 0.6) is 0 Å². The molecular weight excluding hydrogens is 461 g/mol. The molecule has 35 heavy (non-hydrogen) atoms. The number of ether oxygens (including phenoxy) is 2. The Bertz CT molecular complexity index is 978. The molecule has 1 aromatic carbocycles. The quantitative estimate of drug-likeness (QED) is 0.323.